The Hall–Kier alpha value is -1.58. The quantitative estimate of drug-likeness (QED) is 0.467. The van der Waals surface area contributed by atoms with Crippen molar-refractivity contribution in [3.05, 3.63) is 34.9 Å². The van der Waals surface area contributed by atoms with Crippen molar-refractivity contribution in [2.24, 2.45) is 5.92 Å². The third kappa shape index (κ3) is 3.47. The molecule has 1 N–H and O–H groups in total. The van der Waals surface area contributed by atoms with Crippen LogP contribution in [0.5, 0.6) is 11.5 Å². The first kappa shape index (κ1) is 19.2. The molecule has 144 valence electrons. The van der Waals surface area contributed by atoms with Crippen LogP contribution in [-0.4, -0.2) is 11.2 Å². The molecule has 2 nitrogen and oxygen atoms in total. The van der Waals surface area contributed by atoms with Crippen LogP contribution in [0.4, 0.5) is 8.78 Å². The Bertz CT molecular complexity index is 706. The fraction of sp³-hybridized carbons (Fsp3) is 0.636. The van der Waals surface area contributed by atoms with Gasteiger partial charge in [0.05, 0.1) is 5.92 Å². The maximum absolute atomic E-state index is 14.6. The normalized spacial score (nSPS) is 24.3. The Morgan fingerprint density at radius 3 is 2.69 bits per heavy atom. The molecule has 1 aromatic rings. The SMILES string of the molecule is CCCCCC(C)(C)c1cc(O)c2c(c1)OC(F)(F)C1CCC(C)=CC21. The number of hydrogen-bond acceptors (Lipinski definition) is 2. The summed E-state index contributed by atoms with van der Waals surface area (Å²) >= 11 is 0. The Labute approximate surface area is 155 Å². The lowest BCUT2D eigenvalue weighted by Crippen LogP contribution is -2.43. The van der Waals surface area contributed by atoms with Crippen LogP contribution in [0.1, 0.15) is 83.3 Å². The van der Waals surface area contributed by atoms with Crippen LogP contribution in [-0.2, 0) is 5.41 Å². The van der Waals surface area contributed by atoms with E-state index in [1.807, 2.05) is 13.0 Å². The zero-order valence-corrected chi connectivity index (χ0v) is 16.2. The van der Waals surface area contributed by atoms with Gasteiger partial charge in [-0.1, -0.05) is 51.7 Å². The first-order valence-corrected chi connectivity index (χ1v) is 9.77. The predicted molar refractivity (Wildman–Crippen MR) is 100 cm³/mol. The highest BCUT2D eigenvalue weighted by Crippen LogP contribution is 2.55. The molecule has 26 heavy (non-hydrogen) atoms. The molecule has 1 heterocycles. The number of fused-ring (bicyclic) bond motifs is 3. The van der Waals surface area contributed by atoms with E-state index in [9.17, 15) is 13.9 Å². The van der Waals surface area contributed by atoms with E-state index < -0.39 is 17.9 Å². The summed E-state index contributed by atoms with van der Waals surface area (Å²) in [6.45, 7) is 8.31. The number of unbranched alkanes of at least 4 members (excludes halogenated alkanes) is 2. The summed E-state index contributed by atoms with van der Waals surface area (Å²) in [7, 11) is 0. The number of phenols is 1. The largest absolute Gasteiger partial charge is 0.507 e. The lowest BCUT2D eigenvalue weighted by molar-refractivity contribution is -0.229. The van der Waals surface area contributed by atoms with Gasteiger partial charge in [-0.15, -0.1) is 0 Å². The van der Waals surface area contributed by atoms with E-state index >= 15 is 0 Å². The number of phenolic OH excluding ortho intramolecular Hbond substituents is 1. The van der Waals surface area contributed by atoms with Gasteiger partial charge >= 0.3 is 6.11 Å². The molecule has 4 heteroatoms. The molecular formula is C22H30F2O2. The highest BCUT2D eigenvalue weighted by atomic mass is 19.3. The standard InChI is InChI=1S/C22H30F2O2/c1-5-6-7-10-21(3,4)15-12-18(25)20-16-11-14(2)8-9-17(16)22(23,24)26-19(20)13-15/h11-13,16-17,25H,5-10H2,1-4H3. The van der Waals surface area contributed by atoms with Gasteiger partial charge in [-0.05, 0) is 49.3 Å². The topological polar surface area (TPSA) is 29.5 Å². The van der Waals surface area contributed by atoms with Crippen LogP contribution >= 0.6 is 0 Å². The van der Waals surface area contributed by atoms with E-state index in [1.54, 1.807) is 12.1 Å². The third-order valence-corrected chi connectivity index (χ3v) is 6.07. The zero-order valence-electron chi connectivity index (χ0n) is 16.2. The lowest BCUT2D eigenvalue weighted by Gasteiger charge is -2.41. The Balaban J connectivity index is 2.01. The minimum absolute atomic E-state index is 0.0810. The maximum Gasteiger partial charge on any atom is 0.401 e. The van der Waals surface area contributed by atoms with Gasteiger partial charge in [0.1, 0.15) is 11.5 Å². The molecule has 2 aliphatic rings. The predicted octanol–water partition coefficient (Wildman–Crippen LogP) is 6.68. The maximum atomic E-state index is 14.6. The van der Waals surface area contributed by atoms with E-state index in [1.165, 1.54) is 0 Å². The number of hydrogen-bond donors (Lipinski definition) is 1. The molecule has 0 amide bonds. The van der Waals surface area contributed by atoms with Gasteiger partial charge in [0, 0.05) is 11.5 Å². The average molecular weight is 364 g/mol. The van der Waals surface area contributed by atoms with Gasteiger partial charge in [0.25, 0.3) is 0 Å². The van der Waals surface area contributed by atoms with Crippen molar-refractivity contribution in [2.45, 2.75) is 83.7 Å². The van der Waals surface area contributed by atoms with E-state index in [4.69, 9.17) is 4.74 Å². The molecule has 0 aromatic heterocycles. The van der Waals surface area contributed by atoms with Gasteiger partial charge in [0.15, 0.2) is 0 Å². The molecule has 0 bridgehead atoms. The molecule has 0 fully saturated rings. The van der Waals surface area contributed by atoms with Crippen molar-refractivity contribution in [3.8, 4) is 11.5 Å². The van der Waals surface area contributed by atoms with Crippen LogP contribution in [0, 0.1) is 5.92 Å². The van der Waals surface area contributed by atoms with E-state index in [0.29, 0.717) is 18.4 Å². The average Bonchev–Trinajstić information content (AvgIpc) is 2.53. The molecule has 0 saturated carbocycles. The number of allylic oxidation sites excluding steroid dienone is 2. The first-order chi connectivity index (χ1) is 12.2. The lowest BCUT2D eigenvalue weighted by atomic mass is 9.73. The fourth-order valence-corrected chi connectivity index (χ4v) is 4.34. The number of ether oxygens (including phenoxy) is 1. The van der Waals surface area contributed by atoms with E-state index in [0.717, 1.165) is 36.8 Å². The molecule has 1 aliphatic carbocycles. The summed E-state index contributed by atoms with van der Waals surface area (Å²) in [4.78, 5) is 0. The molecule has 2 unspecified atom stereocenters. The second-order valence-corrected chi connectivity index (χ2v) is 8.60. The monoisotopic (exact) mass is 364 g/mol. The van der Waals surface area contributed by atoms with Crippen LogP contribution in [0.2, 0.25) is 0 Å². The van der Waals surface area contributed by atoms with Crippen LogP contribution in [0.3, 0.4) is 0 Å². The summed E-state index contributed by atoms with van der Waals surface area (Å²) in [6, 6.07) is 3.48. The summed E-state index contributed by atoms with van der Waals surface area (Å²) in [5.41, 5.74) is 2.28. The number of alkyl halides is 2. The minimum Gasteiger partial charge on any atom is -0.507 e. The van der Waals surface area contributed by atoms with Gasteiger partial charge in [-0.3, -0.25) is 0 Å². The number of benzene rings is 1. The summed E-state index contributed by atoms with van der Waals surface area (Å²) < 4.78 is 34.4. The van der Waals surface area contributed by atoms with Crippen molar-refractivity contribution in [3.63, 3.8) is 0 Å². The number of halogens is 2. The van der Waals surface area contributed by atoms with Crippen molar-refractivity contribution >= 4 is 0 Å². The fourth-order valence-electron chi connectivity index (χ4n) is 4.34. The smallest absolute Gasteiger partial charge is 0.401 e. The van der Waals surface area contributed by atoms with Crippen LogP contribution in [0.15, 0.2) is 23.8 Å². The summed E-state index contributed by atoms with van der Waals surface area (Å²) in [5.74, 6) is -1.17. The molecule has 0 saturated heterocycles. The number of aromatic hydroxyl groups is 1. The highest BCUT2D eigenvalue weighted by Gasteiger charge is 2.52. The van der Waals surface area contributed by atoms with Gasteiger partial charge in [-0.2, -0.15) is 8.78 Å². The number of rotatable bonds is 5. The molecule has 2 atom stereocenters. The van der Waals surface area contributed by atoms with Crippen molar-refractivity contribution in [1.82, 2.24) is 0 Å². The Kier molecular flexibility index (Phi) is 5.06. The van der Waals surface area contributed by atoms with Crippen molar-refractivity contribution in [2.75, 3.05) is 0 Å². The highest BCUT2D eigenvalue weighted by molar-refractivity contribution is 5.54. The molecule has 0 spiro atoms. The van der Waals surface area contributed by atoms with Gasteiger partial charge < -0.3 is 9.84 Å². The Morgan fingerprint density at radius 1 is 1.27 bits per heavy atom. The second-order valence-electron chi connectivity index (χ2n) is 8.60. The zero-order chi connectivity index (χ0) is 19.1. The molecular weight excluding hydrogens is 334 g/mol. The Morgan fingerprint density at radius 2 is 2.00 bits per heavy atom. The van der Waals surface area contributed by atoms with E-state index in [-0.39, 0.29) is 16.9 Å². The summed E-state index contributed by atoms with van der Waals surface area (Å²) in [6.07, 6.45) is 4.01. The minimum atomic E-state index is -3.20. The summed E-state index contributed by atoms with van der Waals surface area (Å²) in [5, 5.41) is 10.7. The second kappa shape index (κ2) is 6.86. The van der Waals surface area contributed by atoms with Gasteiger partial charge in [0.2, 0.25) is 0 Å². The van der Waals surface area contributed by atoms with E-state index in [2.05, 4.69) is 20.8 Å². The van der Waals surface area contributed by atoms with Crippen LogP contribution < -0.4 is 4.74 Å². The van der Waals surface area contributed by atoms with Crippen molar-refractivity contribution in [1.29, 1.82) is 0 Å². The molecule has 1 aromatic carbocycles. The molecule has 3 rings (SSSR count). The van der Waals surface area contributed by atoms with Gasteiger partial charge in [-0.25, -0.2) is 0 Å². The van der Waals surface area contributed by atoms with Crippen LogP contribution in [0.25, 0.3) is 0 Å². The third-order valence-electron chi connectivity index (χ3n) is 6.07. The first-order valence-electron chi connectivity index (χ1n) is 9.77. The molecule has 0 radical (unpaired) electrons. The van der Waals surface area contributed by atoms with Crippen molar-refractivity contribution < 1.29 is 18.6 Å². The molecule has 1 aliphatic heterocycles.